The molecule has 23 heavy (non-hydrogen) atoms. The number of nitrogens with zero attached hydrogens (tertiary/aromatic N) is 1. The summed E-state index contributed by atoms with van der Waals surface area (Å²) in [6.07, 6.45) is 7.34. The van der Waals surface area contributed by atoms with Crippen molar-refractivity contribution >= 4 is 5.91 Å². The first-order valence-electron chi connectivity index (χ1n) is 8.89. The molecule has 1 saturated carbocycles. The highest BCUT2D eigenvalue weighted by molar-refractivity contribution is 5.79. The summed E-state index contributed by atoms with van der Waals surface area (Å²) in [5.41, 5.74) is 7.24. The highest BCUT2D eigenvalue weighted by Gasteiger charge is 2.34. The zero-order valence-corrected chi connectivity index (χ0v) is 14.0. The molecule has 1 aliphatic heterocycles. The second kappa shape index (κ2) is 7.35. The lowest BCUT2D eigenvalue weighted by molar-refractivity contribution is -0.137. The second-order valence-corrected chi connectivity index (χ2v) is 6.94. The molecular weight excluding hydrogens is 288 g/mol. The van der Waals surface area contributed by atoms with Crippen LogP contribution in [-0.2, 0) is 4.79 Å². The van der Waals surface area contributed by atoms with Crippen LogP contribution in [0.5, 0.6) is 5.75 Å². The Morgan fingerprint density at radius 2 is 1.91 bits per heavy atom. The molecule has 2 fully saturated rings. The Bertz CT molecular complexity index is 529. The van der Waals surface area contributed by atoms with E-state index in [1.54, 1.807) is 7.11 Å². The van der Waals surface area contributed by atoms with Gasteiger partial charge < -0.3 is 15.4 Å². The Morgan fingerprint density at radius 1 is 1.13 bits per heavy atom. The fourth-order valence-corrected chi connectivity index (χ4v) is 4.02. The Morgan fingerprint density at radius 3 is 2.57 bits per heavy atom. The Kier molecular flexibility index (Phi) is 5.21. The summed E-state index contributed by atoms with van der Waals surface area (Å²) < 4.78 is 5.25. The number of likely N-dealkylation sites (tertiary alicyclic amines) is 1. The van der Waals surface area contributed by atoms with Gasteiger partial charge in [-0.2, -0.15) is 0 Å². The number of methoxy groups -OCH3 is 1. The maximum Gasteiger partial charge on any atom is 0.226 e. The quantitative estimate of drug-likeness (QED) is 0.931. The van der Waals surface area contributed by atoms with Crippen LogP contribution in [0.1, 0.15) is 56.6 Å². The lowest BCUT2D eigenvalue weighted by atomic mass is 9.98. The van der Waals surface area contributed by atoms with Gasteiger partial charge in [-0.05, 0) is 49.8 Å². The van der Waals surface area contributed by atoms with Crippen molar-refractivity contribution in [1.82, 2.24) is 4.90 Å². The number of hydrogen-bond acceptors (Lipinski definition) is 3. The third-order valence-electron chi connectivity index (χ3n) is 5.36. The molecule has 2 N–H and O–H groups in total. The highest BCUT2D eigenvalue weighted by Crippen LogP contribution is 2.35. The number of hydrogen-bond donors (Lipinski definition) is 1. The standard InChI is InChI=1S/C19H28N2O2/c1-23-17-10-7-14(8-11-17)18-5-3-2-4-12-21(18)19(22)15-6-9-16(20)13-15/h7-8,10-11,15-16,18H,2-6,9,12-13,20H2,1H3. The summed E-state index contributed by atoms with van der Waals surface area (Å²) >= 11 is 0. The van der Waals surface area contributed by atoms with Gasteiger partial charge in [0.2, 0.25) is 5.91 Å². The molecular formula is C19H28N2O2. The van der Waals surface area contributed by atoms with Gasteiger partial charge in [-0.25, -0.2) is 0 Å². The molecule has 1 aromatic carbocycles. The van der Waals surface area contributed by atoms with Crippen molar-refractivity contribution in [3.05, 3.63) is 29.8 Å². The fraction of sp³-hybridized carbons (Fsp3) is 0.632. The van der Waals surface area contributed by atoms with Crippen molar-refractivity contribution in [3.8, 4) is 5.75 Å². The highest BCUT2D eigenvalue weighted by atomic mass is 16.5. The molecule has 0 radical (unpaired) electrons. The third-order valence-corrected chi connectivity index (χ3v) is 5.36. The number of rotatable bonds is 3. The van der Waals surface area contributed by atoms with Crippen LogP contribution in [0.2, 0.25) is 0 Å². The van der Waals surface area contributed by atoms with E-state index in [1.807, 2.05) is 12.1 Å². The van der Waals surface area contributed by atoms with Crippen molar-refractivity contribution in [2.45, 2.75) is 57.0 Å². The average molecular weight is 316 g/mol. The molecule has 1 amide bonds. The summed E-state index contributed by atoms with van der Waals surface area (Å²) in [6.45, 7) is 0.876. The number of benzene rings is 1. The van der Waals surface area contributed by atoms with Crippen LogP contribution in [0.25, 0.3) is 0 Å². The van der Waals surface area contributed by atoms with Gasteiger partial charge in [-0.15, -0.1) is 0 Å². The van der Waals surface area contributed by atoms with Gasteiger partial charge in [-0.3, -0.25) is 4.79 Å². The normalized spacial score (nSPS) is 28.4. The first-order chi connectivity index (χ1) is 11.2. The molecule has 1 saturated heterocycles. The minimum Gasteiger partial charge on any atom is -0.497 e. The van der Waals surface area contributed by atoms with E-state index in [0.717, 1.165) is 44.4 Å². The summed E-state index contributed by atoms with van der Waals surface area (Å²) in [7, 11) is 1.68. The number of carbonyl (C=O) groups is 1. The van der Waals surface area contributed by atoms with Crippen LogP contribution in [0.4, 0.5) is 0 Å². The smallest absolute Gasteiger partial charge is 0.226 e. The summed E-state index contributed by atoms with van der Waals surface area (Å²) in [5.74, 6) is 1.31. The third kappa shape index (κ3) is 3.69. The molecule has 3 atom stereocenters. The van der Waals surface area contributed by atoms with Crippen LogP contribution < -0.4 is 10.5 Å². The number of amides is 1. The molecule has 4 heteroatoms. The molecule has 0 spiro atoms. The molecule has 1 heterocycles. The van der Waals surface area contributed by atoms with Gasteiger partial charge in [0.05, 0.1) is 13.2 Å². The van der Waals surface area contributed by atoms with Crippen molar-refractivity contribution in [3.63, 3.8) is 0 Å². The predicted molar refractivity (Wildman–Crippen MR) is 91.2 cm³/mol. The SMILES string of the molecule is COc1ccc(C2CCCCCN2C(=O)C2CCC(N)C2)cc1. The van der Waals surface area contributed by atoms with E-state index in [-0.39, 0.29) is 18.0 Å². The van der Waals surface area contributed by atoms with Crippen molar-refractivity contribution in [2.24, 2.45) is 11.7 Å². The van der Waals surface area contributed by atoms with Gasteiger partial charge in [0.25, 0.3) is 0 Å². The van der Waals surface area contributed by atoms with Gasteiger partial charge in [0.15, 0.2) is 0 Å². The summed E-state index contributed by atoms with van der Waals surface area (Å²) in [6, 6.07) is 8.61. The van der Waals surface area contributed by atoms with Crippen LogP contribution in [0, 0.1) is 5.92 Å². The van der Waals surface area contributed by atoms with Crippen molar-refractivity contribution < 1.29 is 9.53 Å². The Hall–Kier alpha value is -1.55. The molecule has 1 aromatic rings. The van der Waals surface area contributed by atoms with Crippen LogP contribution in [0.15, 0.2) is 24.3 Å². The molecule has 4 nitrogen and oxygen atoms in total. The number of nitrogens with two attached hydrogens (primary N) is 1. The van der Waals surface area contributed by atoms with Crippen LogP contribution in [0.3, 0.4) is 0 Å². The zero-order valence-electron chi connectivity index (χ0n) is 14.0. The fourth-order valence-electron chi connectivity index (χ4n) is 4.02. The van der Waals surface area contributed by atoms with Gasteiger partial charge in [0.1, 0.15) is 5.75 Å². The Balaban J connectivity index is 1.80. The maximum atomic E-state index is 13.1. The Labute approximate surface area is 139 Å². The topological polar surface area (TPSA) is 55.6 Å². The average Bonchev–Trinajstić information content (AvgIpc) is 2.87. The minimum absolute atomic E-state index is 0.129. The monoisotopic (exact) mass is 316 g/mol. The lowest BCUT2D eigenvalue weighted by Gasteiger charge is -2.32. The van der Waals surface area contributed by atoms with Crippen LogP contribution in [-0.4, -0.2) is 30.5 Å². The van der Waals surface area contributed by atoms with E-state index in [1.165, 1.54) is 18.4 Å². The van der Waals surface area contributed by atoms with Gasteiger partial charge >= 0.3 is 0 Å². The minimum atomic E-state index is 0.129. The molecule has 3 rings (SSSR count). The second-order valence-electron chi connectivity index (χ2n) is 6.94. The number of carbonyl (C=O) groups excluding carboxylic acids is 1. The largest absolute Gasteiger partial charge is 0.497 e. The van der Waals surface area contributed by atoms with E-state index in [2.05, 4.69) is 17.0 Å². The van der Waals surface area contributed by atoms with E-state index < -0.39 is 0 Å². The van der Waals surface area contributed by atoms with E-state index in [9.17, 15) is 4.79 Å². The molecule has 0 aromatic heterocycles. The lowest BCUT2D eigenvalue weighted by Crippen LogP contribution is -2.38. The zero-order chi connectivity index (χ0) is 16.2. The van der Waals surface area contributed by atoms with Gasteiger partial charge in [0, 0.05) is 18.5 Å². The predicted octanol–water partition coefficient (Wildman–Crippen LogP) is 3.27. The van der Waals surface area contributed by atoms with Crippen molar-refractivity contribution in [2.75, 3.05) is 13.7 Å². The van der Waals surface area contributed by atoms with E-state index in [0.29, 0.717) is 5.91 Å². The van der Waals surface area contributed by atoms with Crippen molar-refractivity contribution in [1.29, 1.82) is 0 Å². The van der Waals surface area contributed by atoms with Gasteiger partial charge in [-0.1, -0.05) is 25.0 Å². The molecule has 126 valence electrons. The molecule has 2 aliphatic rings. The first-order valence-corrected chi connectivity index (χ1v) is 8.89. The molecule has 1 aliphatic carbocycles. The van der Waals surface area contributed by atoms with E-state index >= 15 is 0 Å². The van der Waals surface area contributed by atoms with E-state index in [4.69, 9.17) is 10.5 Å². The number of ether oxygens (including phenoxy) is 1. The maximum absolute atomic E-state index is 13.1. The first kappa shape index (κ1) is 16.3. The molecule has 0 bridgehead atoms. The summed E-state index contributed by atoms with van der Waals surface area (Å²) in [5, 5.41) is 0. The molecule has 3 unspecified atom stereocenters. The van der Waals surface area contributed by atoms with Crippen LogP contribution >= 0.6 is 0 Å². The summed E-state index contributed by atoms with van der Waals surface area (Å²) in [4.78, 5) is 15.2.